The molecule has 0 aromatic heterocycles. The van der Waals surface area contributed by atoms with Gasteiger partial charge in [-0.2, -0.15) is 0 Å². The number of nitrogens with two attached hydrogens (primary N) is 1. The monoisotopic (exact) mass is 1250 g/mol. The van der Waals surface area contributed by atoms with Gasteiger partial charge >= 0.3 is 0 Å². The maximum absolute atomic E-state index is 14.9. The van der Waals surface area contributed by atoms with Gasteiger partial charge in [0.25, 0.3) is 0 Å². The second kappa shape index (κ2) is 33.0. The van der Waals surface area contributed by atoms with E-state index in [-0.39, 0.29) is 83.6 Å². The Kier molecular flexibility index (Phi) is 25.1. The molecule has 0 radical (unpaired) electrons. The Morgan fingerprint density at radius 2 is 0.571 bits per heavy atom. The smallest absolute Gasteiger partial charge is 0.237 e. The van der Waals surface area contributed by atoms with Crippen LogP contribution < -0.4 is 37.6 Å². The molecule has 0 saturated carbocycles. The average Bonchev–Trinajstić information content (AvgIpc) is 1.77. The number of nitrogens with one attached hydrogen (secondary N) is 6. The summed E-state index contributed by atoms with van der Waals surface area (Å²) < 4.78 is 0. The third kappa shape index (κ3) is 19.9. The van der Waals surface area contributed by atoms with E-state index < -0.39 is 30.2 Å². The minimum Gasteiger partial charge on any atom is -0.368 e. The molecule has 3 aromatic rings. The van der Waals surface area contributed by atoms with Crippen LogP contribution in [0.4, 0.5) is 0 Å². The molecule has 20 heteroatoms. The van der Waals surface area contributed by atoms with Crippen LogP contribution in [0.3, 0.4) is 0 Å². The van der Waals surface area contributed by atoms with E-state index in [0.29, 0.717) is 128 Å². The summed E-state index contributed by atoms with van der Waals surface area (Å²) in [6.45, 7) is 21.8. The highest BCUT2D eigenvalue weighted by Crippen LogP contribution is 2.29. The summed E-state index contributed by atoms with van der Waals surface area (Å²) >= 11 is 0. The first kappa shape index (κ1) is 69.1. The number of carbonyl (C=O) groups is 7. The number of carbonyl (C=O) groups excluding carboxylic acids is 7. The van der Waals surface area contributed by atoms with Gasteiger partial charge in [-0.1, -0.05) is 133 Å². The topological polar surface area (TPSA) is 237 Å². The lowest BCUT2D eigenvalue weighted by molar-refractivity contribution is -0.127. The zero-order valence-electron chi connectivity index (χ0n) is 55.4. The summed E-state index contributed by atoms with van der Waals surface area (Å²) in [7, 11) is 0. The fourth-order valence-corrected chi connectivity index (χ4v) is 15.0. The zero-order chi connectivity index (χ0) is 64.7. The Hall–Kier alpha value is -6.29. The van der Waals surface area contributed by atoms with Crippen molar-refractivity contribution >= 4 is 41.4 Å². The van der Waals surface area contributed by atoms with E-state index in [1.807, 2.05) is 54.6 Å². The van der Waals surface area contributed by atoms with Gasteiger partial charge in [0, 0.05) is 102 Å². The highest BCUT2D eigenvalue weighted by atomic mass is 16.2. The maximum Gasteiger partial charge on any atom is 0.237 e. The van der Waals surface area contributed by atoms with Gasteiger partial charge in [-0.3, -0.25) is 63.0 Å². The van der Waals surface area contributed by atoms with E-state index in [0.717, 1.165) is 50.6 Å². The van der Waals surface area contributed by atoms with Gasteiger partial charge in [0.1, 0.15) is 0 Å². The molecule has 0 aliphatic carbocycles. The molecule has 12 atom stereocenters. The molecular weight excluding hydrogens is 1150 g/mol. The van der Waals surface area contributed by atoms with Crippen molar-refractivity contribution in [3.63, 3.8) is 0 Å². The number of rotatable bonds is 30. The van der Waals surface area contributed by atoms with Crippen molar-refractivity contribution in [2.45, 2.75) is 198 Å². The van der Waals surface area contributed by atoms with Crippen LogP contribution in [0, 0.1) is 17.8 Å². The summed E-state index contributed by atoms with van der Waals surface area (Å²) in [4.78, 5) is 111. The van der Waals surface area contributed by atoms with E-state index >= 15 is 0 Å². The average molecular weight is 1250 g/mol. The van der Waals surface area contributed by atoms with E-state index in [9.17, 15) is 33.6 Å². The predicted molar refractivity (Wildman–Crippen MR) is 355 cm³/mol. The predicted octanol–water partition coefficient (Wildman–Crippen LogP) is 3.71. The molecule has 0 spiro atoms. The summed E-state index contributed by atoms with van der Waals surface area (Å²) in [6.07, 6.45) is 7.69. The summed E-state index contributed by atoms with van der Waals surface area (Å²) in [5.41, 5.74) is 9.43. The summed E-state index contributed by atoms with van der Waals surface area (Å²) in [5.74, 6) is 0.300. The van der Waals surface area contributed by atoms with Crippen molar-refractivity contribution < 1.29 is 33.6 Å². The van der Waals surface area contributed by atoms with Crippen LogP contribution in [-0.2, 0) is 52.8 Å². The Labute approximate surface area is 541 Å². The molecule has 20 nitrogen and oxygen atoms in total. The van der Waals surface area contributed by atoms with Crippen LogP contribution >= 0.6 is 0 Å². The maximum atomic E-state index is 14.9. The lowest BCUT2D eigenvalue weighted by Gasteiger charge is -2.26. The van der Waals surface area contributed by atoms with E-state index in [4.69, 9.17) is 5.73 Å². The number of nitrogens with zero attached hydrogens (tertiary/aromatic N) is 6. The zero-order valence-corrected chi connectivity index (χ0v) is 55.4. The first-order chi connectivity index (χ1) is 43.7. The van der Waals surface area contributed by atoms with E-state index in [2.05, 4.69) is 139 Å². The second-order valence-electron chi connectivity index (χ2n) is 28.6. The van der Waals surface area contributed by atoms with Crippen molar-refractivity contribution in [1.29, 1.82) is 0 Å². The van der Waals surface area contributed by atoms with E-state index in [1.165, 1.54) is 18.1 Å². The lowest BCUT2D eigenvalue weighted by Crippen LogP contribution is -2.48. The van der Waals surface area contributed by atoms with Gasteiger partial charge in [-0.15, -0.1) is 0 Å². The van der Waals surface area contributed by atoms with Crippen LogP contribution in [0.5, 0.6) is 0 Å². The van der Waals surface area contributed by atoms with Crippen LogP contribution in [0.25, 0.3) is 0 Å². The largest absolute Gasteiger partial charge is 0.368 e. The summed E-state index contributed by atoms with van der Waals surface area (Å²) in [6, 6.07) is 26.3. The molecule has 6 saturated heterocycles. The Morgan fingerprint density at radius 1 is 0.352 bits per heavy atom. The third-order valence-corrected chi connectivity index (χ3v) is 20.0. The molecule has 6 aliphatic heterocycles. The van der Waals surface area contributed by atoms with Crippen molar-refractivity contribution in [3.8, 4) is 0 Å². The molecule has 7 amide bonds. The lowest BCUT2D eigenvalue weighted by atomic mass is 10.1. The summed E-state index contributed by atoms with van der Waals surface area (Å²) in [5, 5.41) is 20.0. The standard InChI is InChI=1S/C71H107N13O7/c1-47(2)23-29-80-41-54(73-50(7)85)36-61(80)67(87)77-58-39-64(83(45-58)33-27-52-19-13-9-14-20-52)70(90)76-57-38-63(82(44-57)31-25-49(5)6)69(89)78-59-40-65(84(46-59)34-28-53-21-15-10-16-22-53)71(91)75-56-37-62(81(43-56)30-24-48(3)4)68(88)74-55-35-60(66(72)86)79(42-55)32-26-51-17-11-8-12-18-51/h8-22,47-49,54-65H,23-46H2,1-7H3,(H2,72,86)(H,73,85)(H,74,88)(H,75,91)(H,76,90)(H,77,87)(H,78,89)/t54-,55-,56-,57-,58-,59-,60-,61-,62-,63-,64-,65-/m0/s1. The van der Waals surface area contributed by atoms with Crippen LogP contribution in [0.15, 0.2) is 91.0 Å². The fourth-order valence-electron chi connectivity index (χ4n) is 15.0. The van der Waals surface area contributed by atoms with Crippen molar-refractivity contribution in [3.05, 3.63) is 108 Å². The van der Waals surface area contributed by atoms with Crippen LogP contribution in [0.2, 0.25) is 0 Å². The fraction of sp³-hybridized carbons (Fsp3) is 0.648. The molecule has 3 aromatic carbocycles. The molecule has 91 heavy (non-hydrogen) atoms. The normalized spacial score (nSPS) is 27.7. The molecule has 6 fully saturated rings. The SMILES string of the molecule is CC(=O)N[C@H]1C[C@@H](C(=O)N[C@H]2C[C@@H](C(=O)N[C@H]3C[C@@H](C(=O)N[C@H]4C[C@@H](C(=O)N[C@H]5C[C@@H](C(=O)N[C@H]6C[C@@H](C(N)=O)N(CCc7ccccc7)C6)N(CCC(C)C)C5)N(CCc5ccccc5)C4)N(CCC(C)C)C3)N(CCc3ccccc3)C2)N(CCC(C)C)C1. The van der Waals surface area contributed by atoms with Gasteiger partial charge in [0.05, 0.1) is 36.3 Å². The Morgan fingerprint density at radius 3 is 0.802 bits per heavy atom. The van der Waals surface area contributed by atoms with Crippen molar-refractivity contribution in [2.75, 3.05) is 78.5 Å². The number of amides is 7. The molecule has 6 heterocycles. The Balaban J connectivity index is 0.841. The minimum atomic E-state index is -0.516. The molecule has 0 bridgehead atoms. The molecular formula is C71H107N13O7. The van der Waals surface area contributed by atoms with E-state index in [1.54, 1.807) is 0 Å². The van der Waals surface area contributed by atoms with Gasteiger partial charge < -0.3 is 37.6 Å². The quantitative estimate of drug-likeness (QED) is 0.0505. The van der Waals surface area contributed by atoms with Gasteiger partial charge in [-0.25, -0.2) is 0 Å². The Bertz CT molecular complexity index is 2870. The first-order valence-corrected chi connectivity index (χ1v) is 34.4. The highest BCUT2D eigenvalue weighted by Gasteiger charge is 2.47. The molecule has 8 N–H and O–H groups in total. The number of primary amides is 1. The van der Waals surface area contributed by atoms with Crippen LogP contribution in [0.1, 0.15) is 123 Å². The van der Waals surface area contributed by atoms with Gasteiger partial charge in [0.15, 0.2) is 0 Å². The first-order valence-electron chi connectivity index (χ1n) is 34.4. The second-order valence-corrected chi connectivity index (χ2v) is 28.6. The van der Waals surface area contributed by atoms with Crippen molar-refractivity contribution in [2.24, 2.45) is 23.5 Å². The van der Waals surface area contributed by atoms with Gasteiger partial charge in [-0.05, 0) is 131 Å². The highest BCUT2D eigenvalue weighted by molar-refractivity contribution is 5.87. The molecule has 6 aliphatic rings. The molecule has 498 valence electrons. The number of hydrogen-bond donors (Lipinski definition) is 7. The van der Waals surface area contributed by atoms with Crippen LogP contribution in [-0.4, -0.2) is 222 Å². The minimum absolute atomic E-state index is 0.0672. The third-order valence-electron chi connectivity index (χ3n) is 20.0. The van der Waals surface area contributed by atoms with Gasteiger partial charge in [0.2, 0.25) is 41.4 Å². The molecule has 9 rings (SSSR count). The number of benzene rings is 3. The number of hydrogen-bond acceptors (Lipinski definition) is 13. The molecule has 0 unspecified atom stereocenters. The van der Waals surface area contributed by atoms with Crippen molar-refractivity contribution in [1.82, 2.24) is 61.3 Å². The number of likely N-dealkylation sites (tertiary alicyclic amines) is 6.